The fraction of sp³-hybridized carbons (Fsp3) is 0.714. The molecule has 0 amide bonds. The molecule has 1 fully saturated rings. The zero-order valence-electron chi connectivity index (χ0n) is 47.0. The van der Waals surface area contributed by atoms with E-state index in [1.165, 1.54) is 83.5 Å². The van der Waals surface area contributed by atoms with Gasteiger partial charge in [-0.2, -0.15) is 0 Å². The van der Waals surface area contributed by atoms with E-state index in [1.807, 2.05) is 12.2 Å². The number of hydrogen-bond donors (Lipinski definition) is 3. The van der Waals surface area contributed by atoms with Gasteiger partial charge in [0.2, 0.25) is 0 Å². The van der Waals surface area contributed by atoms with Crippen molar-refractivity contribution >= 4 is 23.9 Å². The van der Waals surface area contributed by atoms with Crippen LogP contribution in [0.1, 0.15) is 239 Å². The van der Waals surface area contributed by atoms with E-state index in [0.29, 0.717) is 25.7 Å². The highest BCUT2D eigenvalue weighted by molar-refractivity contribution is 5.74. The molecule has 6 unspecified atom stereocenters. The van der Waals surface area contributed by atoms with E-state index < -0.39 is 67.3 Å². The quantitative estimate of drug-likeness (QED) is 0.0228. The Morgan fingerprint density at radius 3 is 1.40 bits per heavy atom. The van der Waals surface area contributed by atoms with Gasteiger partial charge in [-0.15, -0.1) is 0 Å². The number of carboxylic acid groups (broad SMARTS) is 1. The summed E-state index contributed by atoms with van der Waals surface area (Å²) < 4.78 is 28.3. The molecular formula is C63H104O12. The van der Waals surface area contributed by atoms with Crippen LogP contribution in [0, 0.1) is 0 Å². The molecule has 0 radical (unpaired) electrons. The highest BCUT2D eigenvalue weighted by Gasteiger charge is 2.50. The molecular weight excluding hydrogens is 949 g/mol. The first kappa shape index (κ1) is 68.9. The molecule has 0 aromatic carbocycles. The van der Waals surface area contributed by atoms with Crippen molar-refractivity contribution in [2.45, 2.75) is 276 Å². The van der Waals surface area contributed by atoms with Crippen molar-refractivity contribution in [1.29, 1.82) is 0 Å². The lowest BCUT2D eigenvalue weighted by atomic mass is 9.98. The molecule has 12 nitrogen and oxygen atoms in total. The summed E-state index contributed by atoms with van der Waals surface area (Å²) >= 11 is 0. The van der Waals surface area contributed by atoms with Crippen molar-refractivity contribution in [2.75, 3.05) is 13.2 Å². The van der Waals surface area contributed by atoms with Crippen LogP contribution < -0.4 is 0 Å². The summed E-state index contributed by atoms with van der Waals surface area (Å²) in [6.45, 7) is 5.73. The number of carboxylic acids is 1. The summed E-state index contributed by atoms with van der Waals surface area (Å²) in [6.07, 6.45) is 52.9. The van der Waals surface area contributed by atoms with Crippen LogP contribution in [0.15, 0.2) is 85.1 Å². The molecule has 1 aliphatic heterocycles. The number of allylic oxidation sites excluding steroid dienone is 14. The molecule has 12 heteroatoms. The smallest absolute Gasteiger partial charge is 0.335 e. The SMILES string of the molecule is CC/C=C\C/C=C\C/C=C\C/C=C\CCC(=O)OC(COC(=O)CCCCCCCCCCC/C=C\CCCCCCCC)COC1OC(C(=O)O)C(O)C(O)C1OC(=O)CCCCCCC/C=C\C/C=C\CCC. The van der Waals surface area contributed by atoms with Crippen molar-refractivity contribution in [3.63, 3.8) is 0 Å². The summed E-state index contributed by atoms with van der Waals surface area (Å²) in [5, 5.41) is 31.4. The van der Waals surface area contributed by atoms with Gasteiger partial charge in [-0.25, -0.2) is 4.79 Å². The van der Waals surface area contributed by atoms with Gasteiger partial charge in [0.05, 0.1) is 6.61 Å². The fourth-order valence-corrected chi connectivity index (χ4v) is 8.41. The summed E-state index contributed by atoms with van der Waals surface area (Å²) in [5.41, 5.74) is 0. The van der Waals surface area contributed by atoms with Crippen LogP contribution in [0.25, 0.3) is 0 Å². The van der Waals surface area contributed by atoms with Crippen LogP contribution in [0.2, 0.25) is 0 Å². The third-order valence-corrected chi connectivity index (χ3v) is 12.9. The maximum Gasteiger partial charge on any atom is 0.335 e. The molecule has 1 rings (SSSR count). The second-order valence-electron chi connectivity index (χ2n) is 19.9. The Hall–Kier alpha value is -4.10. The first-order chi connectivity index (χ1) is 36.6. The summed E-state index contributed by atoms with van der Waals surface area (Å²) in [5.74, 6) is -3.25. The molecule has 6 atom stereocenters. The number of unbranched alkanes of at least 4 members (excludes halogenated alkanes) is 21. The highest BCUT2D eigenvalue weighted by atomic mass is 16.7. The summed E-state index contributed by atoms with van der Waals surface area (Å²) in [6, 6.07) is 0. The number of aliphatic hydroxyl groups is 2. The number of carbonyl (C=O) groups excluding carboxylic acids is 3. The number of ether oxygens (including phenoxy) is 5. The Balaban J connectivity index is 2.71. The Morgan fingerprint density at radius 1 is 0.453 bits per heavy atom. The zero-order chi connectivity index (χ0) is 54.7. The number of carbonyl (C=O) groups is 4. The Morgan fingerprint density at radius 2 is 0.893 bits per heavy atom. The largest absolute Gasteiger partial charge is 0.479 e. The molecule has 0 spiro atoms. The van der Waals surface area contributed by atoms with Crippen LogP contribution in [0.5, 0.6) is 0 Å². The third-order valence-electron chi connectivity index (χ3n) is 12.9. The van der Waals surface area contributed by atoms with Gasteiger partial charge in [-0.05, 0) is 96.3 Å². The highest BCUT2D eigenvalue weighted by Crippen LogP contribution is 2.26. The summed E-state index contributed by atoms with van der Waals surface area (Å²) in [7, 11) is 0. The molecule has 3 N–H and O–H groups in total. The first-order valence-corrected chi connectivity index (χ1v) is 29.6. The lowest BCUT2D eigenvalue weighted by molar-refractivity contribution is -0.301. The Labute approximate surface area is 454 Å². The minimum absolute atomic E-state index is 0.0333. The molecule has 1 aliphatic rings. The van der Waals surface area contributed by atoms with Crippen LogP contribution >= 0.6 is 0 Å². The molecule has 1 heterocycles. The second-order valence-corrected chi connectivity index (χ2v) is 19.9. The van der Waals surface area contributed by atoms with E-state index in [-0.39, 0.29) is 25.9 Å². The van der Waals surface area contributed by atoms with E-state index in [0.717, 1.165) is 89.9 Å². The number of hydrogen-bond acceptors (Lipinski definition) is 11. The topological polar surface area (TPSA) is 175 Å². The maximum atomic E-state index is 13.1. The van der Waals surface area contributed by atoms with Crippen molar-refractivity contribution in [2.24, 2.45) is 0 Å². The van der Waals surface area contributed by atoms with Crippen molar-refractivity contribution in [3.05, 3.63) is 85.1 Å². The molecule has 0 aromatic heterocycles. The minimum atomic E-state index is -1.92. The van der Waals surface area contributed by atoms with Crippen molar-refractivity contribution in [3.8, 4) is 0 Å². The molecule has 0 bridgehead atoms. The van der Waals surface area contributed by atoms with Gasteiger partial charge in [-0.3, -0.25) is 14.4 Å². The lowest BCUT2D eigenvalue weighted by Crippen LogP contribution is -2.61. The number of rotatable bonds is 49. The predicted octanol–water partition coefficient (Wildman–Crippen LogP) is 15.1. The Kier molecular flexibility index (Phi) is 46.6. The first-order valence-electron chi connectivity index (χ1n) is 29.6. The molecule has 0 aromatic rings. The molecule has 1 saturated heterocycles. The lowest BCUT2D eigenvalue weighted by Gasteiger charge is -2.40. The van der Waals surface area contributed by atoms with Gasteiger partial charge in [0.25, 0.3) is 0 Å². The van der Waals surface area contributed by atoms with Gasteiger partial charge in [0.15, 0.2) is 24.6 Å². The molecule has 428 valence electrons. The fourth-order valence-electron chi connectivity index (χ4n) is 8.41. The van der Waals surface area contributed by atoms with Crippen LogP contribution in [-0.4, -0.2) is 89.2 Å². The molecule has 75 heavy (non-hydrogen) atoms. The predicted molar refractivity (Wildman–Crippen MR) is 303 cm³/mol. The number of esters is 3. The van der Waals surface area contributed by atoms with E-state index in [4.69, 9.17) is 23.7 Å². The van der Waals surface area contributed by atoms with Gasteiger partial charge < -0.3 is 39.0 Å². The van der Waals surface area contributed by atoms with E-state index in [2.05, 4.69) is 93.7 Å². The van der Waals surface area contributed by atoms with Gasteiger partial charge in [0, 0.05) is 19.3 Å². The van der Waals surface area contributed by atoms with Crippen LogP contribution in [0.3, 0.4) is 0 Å². The number of aliphatic hydroxyl groups excluding tert-OH is 2. The van der Waals surface area contributed by atoms with Crippen LogP contribution in [-0.2, 0) is 42.9 Å². The molecule has 0 aliphatic carbocycles. The van der Waals surface area contributed by atoms with Gasteiger partial charge >= 0.3 is 23.9 Å². The average Bonchev–Trinajstić information content (AvgIpc) is 3.39. The minimum Gasteiger partial charge on any atom is -0.479 e. The normalized spacial score (nSPS) is 18.8. The van der Waals surface area contributed by atoms with E-state index in [1.54, 1.807) is 0 Å². The van der Waals surface area contributed by atoms with Gasteiger partial charge in [0.1, 0.15) is 18.8 Å². The monoisotopic (exact) mass is 1050 g/mol. The number of aliphatic carboxylic acids is 1. The zero-order valence-corrected chi connectivity index (χ0v) is 47.0. The second kappa shape index (κ2) is 50.7. The van der Waals surface area contributed by atoms with E-state index in [9.17, 15) is 34.5 Å². The summed E-state index contributed by atoms with van der Waals surface area (Å²) in [4.78, 5) is 51.0. The Bertz CT molecular complexity index is 1630. The average molecular weight is 1050 g/mol. The van der Waals surface area contributed by atoms with E-state index >= 15 is 0 Å². The third kappa shape index (κ3) is 40.8. The van der Waals surface area contributed by atoms with Crippen molar-refractivity contribution < 1.29 is 58.2 Å². The standard InChI is InChI=1S/C63H104O12/c1-4-7-10-13-16-19-22-25-26-27-28-29-30-33-34-37-40-43-46-49-55(64)71-52-54(73-56(65)50-47-44-41-38-35-31-23-20-17-14-11-8-5-2)53-72-63-61(59(68)58(67)60(75-63)62(69)70)74-57(66)51-48-45-42-39-36-32-24-21-18-15-12-9-6-3/h8,11-12,15,17,20-21,24-26,31,35,41,44,54,58-61,63,67-68H,4-7,9-10,13-14,16,18-19,22-23,27-30,32-34,36-40,42-43,45-53H2,1-3H3,(H,69,70)/b11-8-,15-12-,20-17-,24-21-,26-25-,35-31-,44-41-. The molecule has 0 saturated carbocycles. The van der Waals surface area contributed by atoms with Crippen molar-refractivity contribution in [1.82, 2.24) is 0 Å². The van der Waals surface area contributed by atoms with Gasteiger partial charge in [-0.1, -0.05) is 209 Å². The maximum absolute atomic E-state index is 13.1. The van der Waals surface area contributed by atoms with Crippen LogP contribution in [0.4, 0.5) is 0 Å².